The van der Waals surface area contributed by atoms with Crippen LogP contribution in [0.1, 0.15) is 31.4 Å². The Hall–Kier alpha value is -2.96. The average molecular weight is 345 g/mol. The number of allylic oxidation sites excluding steroid dienone is 1. The maximum atomic E-state index is 12.6. The van der Waals surface area contributed by atoms with Gasteiger partial charge in [0.25, 0.3) is 0 Å². The maximum Gasteiger partial charge on any atom is 0.328 e. The molecular formula is C18H19NO6. The Morgan fingerprint density at radius 1 is 1.00 bits per heavy atom. The van der Waals surface area contributed by atoms with Crippen molar-refractivity contribution in [1.29, 1.82) is 0 Å². The Balaban J connectivity index is 2.87. The zero-order valence-corrected chi connectivity index (χ0v) is 14.5. The van der Waals surface area contributed by atoms with Crippen molar-refractivity contribution in [2.45, 2.75) is 25.7 Å². The van der Waals surface area contributed by atoms with E-state index in [2.05, 4.69) is 5.32 Å². The molecule has 1 N–H and O–H groups in total. The van der Waals surface area contributed by atoms with Crippen LogP contribution in [-0.4, -0.2) is 37.8 Å². The van der Waals surface area contributed by atoms with Gasteiger partial charge in [-0.15, -0.1) is 0 Å². The van der Waals surface area contributed by atoms with E-state index in [1.165, 1.54) is 13.8 Å². The monoisotopic (exact) mass is 345 g/mol. The van der Waals surface area contributed by atoms with E-state index < -0.39 is 17.4 Å². The lowest BCUT2D eigenvalue weighted by Crippen LogP contribution is -2.49. The Bertz CT molecular complexity index is 777. The maximum absolute atomic E-state index is 12.6. The minimum atomic E-state index is -1.80. The van der Waals surface area contributed by atoms with E-state index in [1.54, 1.807) is 24.3 Å². The predicted octanol–water partition coefficient (Wildman–Crippen LogP) is 1.11. The number of fused-ring (bicyclic) bond motifs is 1. The Morgan fingerprint density at radius 3 is 2.04 bits per heavy atom. The number of ketones is 1. The average Bonchev–Trinajstić information content (AvgIpc) is 2.60. The number of hydrogen-bond donors (Lipinski definition) is 1. The lowest BCUT2D eigenvalue weighted by molar-refractivity contribution is -0.162. The SMILES string of the molecule is COC(=O)C1(C(=O)OC)CC(C(C)=O)=C(NC(C)=O)c2ccccc21. The number of rotatable bonds is 4. The summed E-state index contributed by atoms with van der Waals surface area (Å²) >= 11 is 0. The smallest absolute Gasteiger partial charge is 0.328 e. The van der Waals surface area contributed by atoms with Gasteiger partial charge < -0.3 is 14.8 Å². The fourth-order valence-corrected chi connectivity index (χ4v) is 3.10. The van der Waals surface area contributed by atoms with Gasteiger partial charge in [0.05, 0.1) is 19.9 Å². The van der Waals surface area contributed by atoms with E-state index in [9.17, 15) is 19.2 Å². The highest BCUT2D eigenvalue weighted by Crippen LogP contribution is 2.44. The summed E-state index contributed by atoms with van der Waals surface area (Å²) in [6.45, 7) is 2.63. The fourth-order valence-electron chi connectivity index (χ4n) is 3.10. The van der Waals surface area contributed by atoms with Crippen LogP contribution in [0.5, 0.6) is 0 Å². The summed E-state index contributed by atoms with van der Waals surface area (Å²) in [5, 5.41) is 2.64. The number of hydrogen-bond acceptors (Lipinski definition) is 6. The van der Waals surface area contributed by atoms with Crippen LogP contribution in [0.25, 0.3) is 5.70 Å². The molecule has 0 saturated heterocycles. The third-order valence-corrected chi connectivity index (χ3v) is 4.19. The van der Waals surface area contributed by atoms with Crippen LogP contribution in [-0.2, 0) is 34.1 Å². The van der Waals surface area contributed by atoms with Crippen molar-refractivity contribution in [3.8, 4) is 0 Å². The van der Waals surface area contributed by atoms with E-state index in [-0.39, 0.29) is 23.7 Å². The van der Waals surface area contributed by atoms with E-state index in [1.807, 2.05) is 0 Å². The van der Waals surface area contributed by atoms with E-state index in [0.29, 0.717) is 16.8 Å². The number of carbonyl (C=O) groups is 4. The molecule has 1 aliphatic carbocycles. The van der Waals surface area contributed by atoms with Gasteiger partial charge in [-0.2, -0.15) is 0 Å². The molecule has 0 bridgehead atoms. The summed E-state index contributed by atoms with van der Waals surface area (Å²) in [6.07, 6.45) is -0.256. The van der Waals surface area contributed by atoms with Crippen molar-refractivity contribution in [2.75, 3.05) is 14.2 Å². The summed E-state index contributed by atoms with van der Waals surface area (Å²) < 4.78 is 9.71. The third-order valence-electron chi connectivity index (χ3n) is 4.19. The molecule has 0 atom stereocenters. The van der Waals surface area contributed by atoms with Gasteiger partial charge in [0.15, 0.2) is 11.2 Å². The number of esters is 2. The first-order valence-corrected chi connectivity index (χ1v) is 7.58. The van der Waals surface area contributed by atoms with Crippen LogP contribution in [0.15, 0.2) is 29.8 Å². The molecule has 1 aliphatic rings. The molecule has 0 spiro atoms. The molecule has 1 aromatic carbocycles. The number of nitrogens with one attached hydrogen (secondary N) is 1. The van der Waals surface area contributed by atoms with Crippen LogP contribution in [0.4, 0.5) is 0 Å². The van der Waals surface area contributed by atoms with Crippen LogP contribution >= 0.6 is 0 Å². The zero-order chi connectivity index (χ0) is 18.8. The number of carbonyl (C=O) groups excluding carboxylic acids is 4. The normalized spacial score (nSPS) is 15.0. The standard InChI is InChI=1S/C18H19NO6/c1-10(20)13-9-18(16(22)24-3,17(23)25-4)14-8-6-5-7-12(14)15(13)19-11(2)21/h5-8H,9H2,1-4H3,(H,19,21). The number of Topliss-reactive ketones (excluding diaryl/α,β-unsaturated/α-hetero) is 1. The highest BCUT2D eigenvalue weighted by molar-refractivity contribution is 6.13. The van der Waals surface area contributed by atoms with Gasteiger partial charge in [0.1, 0.15) is 0 Å². The van der Waals surface area contributed by atoms with Crippen molar-refractivity contribution in [3.05, 3.63) is 41.0 Å². The molecule has 7 heteroatoms. The van der Waals surface area contributed by atoms with Crippen LogP contribution in [0.3, 0.4) is 0 Å². The number of methoxy groups -OCH3 is 2. The number of amides is 1. The second-order valence-electron chi connectivity index (χ2n) is 5.70. The van der Waals surface area contributed by atoms with Crippen molar-refractivity contribution in [2.24, 2.45) is 0 Å². The highest BCUT2D eigenvalue weighted by atomic mass is 16.5. The minimum absolute atomic E-state index is 0.157. The van der Waals surface area contributed by atoms with Gasteiger partial charge in [0.2, 0.25) is 5.91 Å². The molecule has 7 nitrogen and oxygen atoms in total. The van der Waals surface area contributed by atoms with Crippen molar-refractivity contribution < 1.29 is 28.7 Å². The molecular weight excluding hydrogens is 326 g/mol. The molecule has 0 unspecified atom stereocenters. The summed E-state index contributed by atoms with van der Waals surface area (Å²) in [4.78, 5) is 49.0. The summed E-state index contributed by atoms with van der Waals surface area (Å²) in [6, 6.07) is 6.55. The van der Waals surface area contributed by atoms with Gasteiger partial charge >= 0.3 is 11.9 Å². The largest absolute Gasteiger partial charge is 0.468 e. The van der Waals surface area contributed by atoms with Gasteiger partial charge in [-0.1, -0.05) is 24.3 Å². The van der Waals surface area contributed by atoms with Crippen molar-refractivity contribution >= 4 is 29.3 Å². The zero-order valence-electron chi connectivity index (χ0n) is 14.5. The molecule has 1 aromatic rings. The van der Waals surface area contributed by atoms with Gasteiger partial charge in [-0.25, -0.2) is 0 Å². The Kier molecular flexibility index (Phi) is 5.06. The molecule has 0 aromatic heterocycles. The fraction of sp³-hybridized carbons (Fsp3) is 0.333. The molecule has 0 heterocycles. The highest BCUT2D eigenvalue weighted by Gasteiger charge is 2.54. The first kappa shape index (κ1) is 18.4. The molecule has 2 rings (SSSR count). The first-order valence-electron chi connectivity index (χ1n) is 7.58. The van der Waals surface area contributed by atoms with Crippen LogP contribution < -0.4 is 5.32 Å². The minimum Gasteiger partial charge on any atom is -0.468 e. The summed E-state index contributed by atoms with van der Waals surface area (Å²) in [5.41, 5.74) is -0.626. The van der Waals surface area contributed by atoms with Crippen LogP contribution in [0, 0.1) is 0 Å². The van der Waals surface area contributed by atoms with E-state index in [0.717, 1.165) is 14.2 Å². The molecule has 25 heavy (non-hydrogen) atoms. The van der Waals surface area contributed by atoms with Crippen LogP contribution in [0.2, 0.25) is 0 Å². The summed E-state index contributed by atoms with van der Waals surface area (Å²) in [5.74, 6) is -2.39. The Morgan fingerprint density at radius 2 is 1.56 bits per heavy atom. The molecule has 0 saturated carbocycles. The quantitative estimate of drug-likeness (QED) is 0.648. The second-order valence-corrected chi connectivity index (χ2v) is 5.70. The Labute approximate surface area is 145 Å². The summed E-state index contributed by atoms with van der Waals surface area (Å²) in [7, 11) is 2.33. The second kappa shape index (κ2) is 6.88. The molecule has 0 radical (unpaired) electrons. The lowest BCUT2D eigenvalue weighted by Gasteiger charge is -2.35. The van der Waals surface area contributed by atoms with Gasteiger partial charge in [0, 0.05) is 24.5 Å². The molecule has 0 aliphatic heterocycles. The third kappa shape index (κ3) is 2.93. The lowest BCUT2D eigenvalue weighted by atomic mass is 9.68. The number of ether oxygens (including phenoxy) is 2. The van der Waals surface area contributed by atoms with Gasteiger partial charge in [-0.3, -0.25) is 19.2 Å². The van der Waals surface area contributed by atoms with E-state index in [4.69, 9.17) is 9.47 Å². The van der Waals surface area contributed by atoms with Gasteiger partial charge in [-0.05, 0) is 12.5 Å². The predicted molar refractivity (Wildman–Crippen MR) is 88.2 cm³/mol. The molecule has 1 amide bonds. The van der Waals surface area contributed by atoms with E-state index >= 15 is 0 Å². The topological polar surface area (TPSA) is 98.8 Å². The first-order chi connectivity index (χ1) is 11.8. The molecule has 0 fully saturated rings. The molecule has 132 valence electrons. The number of benzene rings is 1. The van der Waals surface area contributed by atoms with Crippen molar-refractivity contribution in [1.82, 2.24) is 5.32 Å². The van der Waals surface area contributed by atoms with Crippen molar-refractivity contribution in [3.63, 3.8) is 0 Å².